The van der Waals surface area contributed by atoms with Crippen LogP contribution in [0, 0.1) is 12.8 Å². The molecule has 10 heteroatoms. The van der Waals surface area contributed by atoms with Crippen LogP contribution in [-0.4, -0.2) is 45.9 Å². The minimum Gasteiger partial charge on any atom is -0.488 e. The molecule has 166 valence electrons. The molecule has 0 saturated carbocycles. The Balaban J connectivity index is 2.05. The Bertz CT molecular complexity index is 1220. The van der Waals surface area contributed by atoms with Crippen LogP contribution in [0.25, 0.3) is 10.2 Å². The van der Waals surface area contributed by atoms with Crippen molar-refractivity contribution in [2.75, 3.05) is 20.3 Å². The minimum absolute atomic E-state index is 0.0816. The van der Waals surface area contributed by atoms with Crippen LogP contribution in [0.3, 0.4) is 0 Å². The first-order valence-corrected chi connectivity index (χ1v) is 10.6. The Morgan fingerprint density at radius 3 is 2.71 bits per heavy atom. The highest BCUT2D eigenvalue weighted by atomic mass is 32.1. The topological polar surface area (TPSA) is 124 Å². The Hall–Kier alpha value is -2.98. The van der Waals surface area contributed by atoms with Crippen molar-refractivity contribution < 1.29 is 19.4 Å². The van der Waals surface area contributed by atoms with E-state index >= 15 is 0 Å². The van der Waals surface area contributed by atoms with E-state index in [2.05, 4.69) is 9.97 Å². The van der Waals surface area contributed by atoms with Crippen molar-refractivity contribution in [3.8, 4) is 5.75 Å². The number of ether oxygens (including phenoxy) is 2. The summed E-state index contributed by atoms with van der Waals surface area (Å²) >= 11 is 0.982. The number of fused-ring (bicyclic) bond motifs is 1. The fourth-order valence-corrected chi connectivity index (χ4v) is 4.17. The molecule has 0 fully saturated rings. The standard InChI is InChI=1S/C21H25N3O6S/c1-11(2)10-30-15-8-22-13(7-14(15)25)9-24-16(5-6-29-4)23-19-17(20(24)26)12(3)18(31-19)21(27)28/h7-8,11H,5-6,9-10H2,1-4H3,(H,22,25)(H,27,28). The molecule has 9 nitrogen and oxygen atoms in total. The van der Waals surface area contributed by atoms with Crippen LogP contribution in [0.5, 0.6) is 5.75 Å². The van der Waals surface area contributed by atoms with E-state index in [0.717, 1.165) is 11.3 Å². The number of nitrogens with one attached hydrogen (secondary N) is 1. The molecular formula is C21H25N3O6S. The number of H-pyrrole nitrogens is 1. The Kier molecular flexibility index (Phi) is 6.91. The first-order valence-electron chi connectivity index (χ1n) is 9.82. The van der Waals surface area contributed by atoms with E-state index in [-0.39, 0.29) is 39.5 Å². The number of aromatic carboxylic acids is 1. The molecular weight excluding hydrogens is 422 g/mol. The molecule has 2 N–H and O–H groups in total. The van der Waals surface area contributed by atoms with Gasteiger partial charge in [-0.25, -0.2) is 9.78 Å². The van der Waals surface area contributed by atoms with E-state index in [9.17, 15) is 19.5 Å². The number of carboxylic acid groups (broad SMARTS) is 1. The predicted molar refractivity (Wildman–Crippen MR) is 118 cm³/mol. The summed E-state index contributed by atoms with van der Waals surface area (Å²) in [7, 11) is 1.55. The van der Waals surface area contributed by atoms with E-state index < -0.39 is 5.97 Å². The molecule has 0 unspecified atom stereocenters. The molecule has 0 amide bonds. The van der Waals surface area contributed by atoms with Crippen molar-refractivity contribution in [1.29, 1.82) is 0 Å². The number of hydrogen-bond acceptors (Lipinski definition) is 7. The number of pyridine rings is 1. The molecule has 0 aromatic carbocycles. The molecule has 3 heterocycles. The molecule has 0 radical (unpaired) electrons. The number of aryl methyl sites for hydroxylation is 1. The summed E-state index contributed by atoms with van der Waals surface area (Å²) < 4.78 is 12.1. The maximum atomic E-state index is 13.3. The van der Waals surface area contributed by atoms with Crippen molar-refractivity contribution in [2.24, 2.45) is 5.92 Å². The number of rotatable bonds is 9. The van der Waals surface area contributed by atoms with E-state index in [1.54, 1.807) is 14.0 Å². The number of aromatic amines is 1. The summed E-state index contributed by atoms with van der Waals surface area (Å²) in [5, 5.41) is 9.69. The maximum Gasteiger partial charge on any atom is 0.346 e. The van der Waals surface area contributed by atoms with Crippen molar-refractivity contribution in [2.45, 2.75) is 33.7 Å². The molecule has 0 atom stereocenters. The lowest BCUT2D eigenvalue weighted by molar-refractivity contribution is 0.0701. The number of hydrogen-bond donors (Lipinski definition) is 2. The number of carboxylic acids is 1. The second-order valence-electron chi connectivity index (χ2n) is 7.60. The smallest absolute Gasteiger partial charge is 0.346 e. The maximum absolute atomic E-state index is 13.3. The van der Waals surface area contributed by atoms with Gasteiger partial charge in [-0.2, -0.15) is 0 Å². The second kappa shape index (κ2) is 9.44. The van der Waals surface area contributed by atoms with Gasteiger partial charge in [0.25, 0.3) is 5.56 Å². The Morgan fingerprint density at radius 2 is 2.10 bits per heavy atom. The third kappa shape index (κ3) is 4.86. The van der Waals surface area contributed by atoms with Crippen LogP contribution in [0.15, 0.2) is 21.9 Å². The fourth-order valence-electron chi connectivity index (χ4n) is 3.14. The minimum atomic E-state index is -1.09. The van der Waals surface area contributed by atoms with Gasteiger partial charge in [0.1, 0.15) is 15.5 Å². The van der Waals surface area contributed by atoms with Gasteiger partial charge in [0.05, 0.1) is 25.1 Å². The van der Waals surface area contributed by atoms with Gasteiger partial charge in [-0.1, -0.05) is 13.8 Å². The Labute approximate surface area is 182 Å². The normalized spacial score (nSPS) is 11.4. The molecule has 0 aliphatic rings. The predicted octanol–water partition coefficient (Wildman–Crippen LogP) is 2.42. The lowest BCUT2D eigenvalue weighted by Gasteiger charge is -2.13. The van der Waals surface area contributed by atoms with Gasteiger partial charge in [0.15, 0.2) is 5.75 Å². The van der Waals surface area contributed by atoms with E-state index in [4.69, 9.17) is 9.47 Å². The molecule has 3 rings (SSSR count). The molecule has 3 aromatic rings. The number of methoxy groups -OCH3 is 1. The van der Waals surface area contributed by atoms with E-state index in [0.29, 0.717) is 41.5 Å². The van der Waals surface area contributed by atoms with Gasteiger partial charge in [-0.05, 0) is 18.4 Å². The Morgan fingerprint density at radius 1 is 1.35 bits per heavy atom. The first-order chi connectivity index (χ1) is 14.7. The summed E-state index contributed by atoms with van der Waals surface area (Å²) in [5.74, 6) is -0.133. The first kappa shape index (κ1) is 22.7. The molecule has 0 saturated heterocycles. The third-order valence-electron chi connectivity index (χ3n) is 4.69. The molecule has 3 aromatic heterocycles. The third-order valence-corrected chi connectivity index (χ3v) is 5.86. The number of thiophene rings is 1. The second-order valence-corrected chi connectivity index (χ2v) is 8.59. The number of nitrogens with zero attached hydrogens (tertiary/aromatic N) is 2. The van der Waals surface area contributed by atoms with Gasteiger partial charge in [-0.3, -0.25) is 14.2 Å². The summed E-state index contributed by atoms with van der Waals surface area (Å²) in [6.07, 6.45) is 1.85. The van der Waals surface area contributed by atoms with Crippen molar-refractivity contribution in [1.82, 2.24) is 14.5 Å². The van der Waals surface area contributed by atoms with Crippen LogP contribution in [0.2, 0.25) is 0 Å². The van der Waals surface area contributed by atoms with Gasteiger partial charge >= 0.3 is 5.97 Å². The van der Waals surface area contributed by atoms with E-state index in [1.165, 1.54) is 16.8 Å². The molecule has 31 heavy (non-hydrogen) atoms. The largest absolute Gasteiger partial charge is 0.488 e. The van der Waals surface area contributed by atoms with Gasteiger partial charge in [-0.15, -0.1) is 11.3 Å². The van der Waals surface area contributed by atoms with Gasteiger partial charge in [0, 0.05) is 31.5 Å². The number of carbonyl (C=O) groups is 1. The SMILES string of the molecule is COCCc1nc2sc(C(=O)O)c(C)c2c(=O)n1Cc1cc(=O)c(OCC(C)C)c[nH]1. The van der Waals surface area contributed by atoms with Gasteiger partial charge < -0.3 is 19.6 Å². The van der Waals surface area contributed by atoms with Crippen molar-refractivity contribution in [3.63, 3.8) is 0 Å². The van der Waals surface area contributed by atoms with Gasteiger partial charge in [0.2, 0.25) is 5.43 Å². The van der Waals surface area contributed by atoms with Crippen LogP contribution < -0.4 is 15.7 Å². The fraction of sp³-hybridized carbons (Fsp3) is 0.429. The lowest BCUT2D eigenvalue weighted by Crippen LogP contribution is -2.27. The highest BCUT2D eigenvalue weighted by Gasteiger charge is 2.21. The van der Waals surface area contributed by atoms with Crippen LogP contribution in [-0.2, 0) is 17.7 Å². The van der Waals surface area contributed by atoms with E-state index in [1.807, 2.05) is 13.8 Å². The van der Waals surface area contributed by atoms with Crippen molar-refractivity contribution in [3.05, 3.63) is 54.8 Å². The zero-order valence-electron chi connectivity index (χ0n) is 17.9. The highest BCUT2D eigenvalue weighted by Crippen LogP contribution is 2.27. The molecule has 0 aliphatic heterocycles. The average molecular weight is 448 g/mol. The van der Waals surface area contributed by atoms with Crippen LogP contribution in [0.4, 0.5) is 0 Å². The van der Waals surface area contributed by atoms with Crippen LogP contribution >= 0.6 is 11.3 Å². The lowest BCUT2D eigenvalue weighted by atomic mass is 10.2. The molecule has 0 bridgehead atoms. The summed E-state index contributed by atoms with van der Waals surface area (Å²) in [6.45, 7) is 6.43. The summed E-state index contributed by atoms with van der Waals surface area (Å²) in [5.41, 5.74) is 0.270. The zero-order valence-corrected chi connectivity index (χ0v) is 18.7. The highest BCUT2D eigenvalue weighted by molar-refractivity contribution is 7.20. The molecule has 0 aliphatic carbocycles. The van der Waals surface area contributed by atoms with Crippen LogP contribution in [0.1, 0.15) is 40.6 Å². The molecule has 0 spiro atoms. The summed E-state index contributed by atoms with van der Waals surface area (Å²) in [4.78, 5) is 45.2. The monoisotopic (exact) mass is 447 g/mol. The summed E-state index contributed by atoms with van der Waals surface area (Å²) in [6, 6.07) is 1.40. The average Bonchev–Trinajstić information content (AvgIpc) is 3.04. The zero-order chi connectivity index (χ0) is 22.7. The quantitative estimate of drug-likeness (QED) is 0.516. The van der Waals surface area contributed by atoms with Crippen molar-refractivity contribution >= 4 is 27.5 Å². The number of aromatic nitrogens is 3.